The molecule has 5 aromatic rings. The molecule has 0 spiro atoms. The number of pyridine rings is 1. The summed E-state index contributed by atoms with van der Waals surface area (Å²) in [6.07, 6.45) is 3.26. The van der Waals surface area contributed by atoms with Crippen molar-refractivity contribution < 1.29 is 9.18 Å². The first-order valence-corrected chi connectivity index (χ1v) is 13.3. The van der Waals surface area contributed by atoms with Gasteiger partial charge in [0.15, 0.2) is 5.43 Å². The maximum absolute atomic E-state index is 13.1. The molecule has 5 rings (SSSR count). The number of para-hydroxylation sites is 2. The minimum absolute atomic E-state index is 0.0308. The van der Waals surface area contributed by atoms with Crippen molar-refractivity contribution >= 4 is 33.4 Å². The van der Waals surface area contributed by atoms with E-state index in [2.05, 4.69) is 34.4 Å². The first-order valence-electron chi connectivity index (χ1n) is 13.3. The summed E-state index contributed by atoms with van der Waals surface area (Å²) in [6.45, 7) is 1.78. The molecular formula is C33H32FN3O2. The van der Waals surface area contributed by atoms with Crippen molar-refractivity contribution in [3.05, 3.63) is 124 Å². The van der Waals surface area contributed by atoms with Gasteiger partial charge in [0.2, 0.25) is 5.91 Å². The highest BCUT2D eigenvalue weighted by molar-refractivity contribution is 5.98. The standard InChI is InChI=1S/C33H32FN3O2/c1-37(22-24-12-16-26(34)17-13-24)20-5-4-7-23-14-18-27(19-15-23)35-31(38)21-25-8-6-10-29-32(25)36-30-11-3-2-9-28(30)33(29)39/h2-3,6,8-19H,4-5,7,20-22H2,1H3,(H,35,38)(H,36,39). The Bertz CT molecular complexity index is 1640. The number of amides is 1. The van der Waals surface area contributed by atoms with Crippen molar-refractivity contribution in [3.63, 3.8) is 0 Å². The first kappa shape index (κ1) is 26.3. The average molecular weight is 522 g/mol. The fourth-order valence-corrected chi connectivity index (χ4v) is 4.98. The lowest BCUT2D eigenvalue weighted by Gasteiger charge is -2.16. The van der Waals surface area contributed by atoms with Gasteiger partial charge in [-0.05, 0) is 92.0 Å². The maximum Gasteiger partial charge on any atom is 0.228 e. The number of hydrogen-bond donors (Lipinski definition) is 2. The number of rotatable bonds is 10. The van der Waals surface area contributed by atoms with E-state index in [0.29, 0.717) is 16.3 Å². The fourth-order valence-electron chi connectivity index (χ4n) is 4.98. The van der Waals surface area contributed by atoms with E-state index in [-0.39, 0.29) is 23.6 Å². The third-order valence-corrected chi connectivity index (χ3v) is 7.04. The second-order valence-corrected chi connectivity index (χ2v) is 10.1. The Hall–Kier alpha value is -4.29. The van der Waals surface area contributed by atoms with Gasteiger partial charge in [-0.1, -0.05) is 48.5 Å². The van der Waals surface area contributed by atoms with Crippen LogP contribution in [-0.2, 0) is 24.2 Å². The van der Waals surface area contributed by atoms with Gasteiger partial charge in [-0.25, -0.2) is 4.39 Å². The van der Waals surface area contributed by atoms with E-state index in [4.69, 9.17) is 0 Å². The van der Waals surface area contributed by atoms with E-state index in [1.54, 1.807) is 6.07 Å². The van der Waals surface area contributed by atoms with Crippen molar-refractivity contribution in [2.45, 2.75) is 32.2 Å². The molecule has 0 saturated heterocycles. The van der Waals surface area contributed by atoms with Gasteiger partial charge in [-0.15, -0.1) is 0 Å². The largest absolute Gasteiger partial charge is 0.354 e. The minimum Gasteiger partial charge on any atom is -0.354 e. The van der Waals surface area contributed by atoms with Crippen LogP contribution in [0.2, 0.25) is 0 Å². The van der Waals surface area contributed by atoms with E-state index in [1.165, 1.54) is 17.7 Å². The number of nitrogens with zero attached hydrogens (tertiary/aromatic N) is 1. The third kappa shape index (κ3) is 6.59. The summed E-state index contributed by atoms with van der Waals surface area (Å²) in [4.78, 5) is 31.4. The molecule has 0 atom stereocenters. The summed E-state index contributed by atoms with van der Waals surface area (Å²) in [7, 11) is 2.08. The molecule has 0 aliphatic rings. The van der Waals surface area contributed by atoms with Gasteiger partial charge in [0, 0.05) is 28.5 Å². The molecule has 198 valence electrons. The number of H-pyrrole nitrogens is 1. The maximum atomic E-state index is 13.1. The lowest BCUT2D eigenvalue weighted by Crippen LogP contribution is -2.19. The number of aromatic nitrogens is 1. The number of benzene rings is 4. The smallest absolute Gasteiger partial charge is 0.228 e. The van der Waals surface area contributed by atoms with Gasteiger partial charge >= 0.3 is 0 Å². The molecule has 0 fully saturated rings. The molecule has 2 N–H and O–H groups in total. The lowest BCUT2D eigenvalue weighted by atomic mass is 10.0. The number of carbonyl (C=O) groups excluding carboxylic acids is 1. The number of hydrogen-bond acceptors (Lipinski definition) is 3. The normalized spacial score (nSPS) is 11.4. The van der Waals surface area contributed by atoms with Gasteiger partial charge in [0.1, 0.15) is 5.82 Å². The number of nitrogens with one attached hydrogen (secondary N) is 2. The van der Waals surface area contributed by atoms with Crippen LogP contribution >= 0.6 is 0 Å². The molecule has 0 aliphatic carbocycles. The van der Waals surface area contributed by atoms with Crippen LogP contribution in [0.3, 0.4) is 0 Å². The van der Waals surface area contributed by atoms with Crippen LogP contribution in [0.5, 0.6) is 0 Å². The van der Waals surface area contributed by atoms with Crippen molar-refractivity contribution in [3.8, 4) is 0 Å². The minimum atomic E-state index is -0.205. The molecule has 5 nitrogen and oxygen atoms in total. The molecule has 0 saturated carbocycles. The van der Waals surface area contributed by atoms with Crippen LogP contribution in [0.25, 0.3) is 21.8 Å². The van der Waals surface area contributed by atoms with Crippen molar-refractivity contribution in [2.24, 2.45) is 0 Å². The monoisotopic (exact) mass is 521 g/mol. The highest BCUT2D eigenvalue weighted by Crippen LogP contribution is 2.20. The summed E-state index contributed by atoms with van der Waals surface area (Å²) in [5.74, 6) is -0.336. The molecule has 1 aromatic heterocycles. The molecule has 0 aliphatic heterocycles. The van der Waals surface area contributed by atoms with Crippen LogP contribution in [0.15, 0.2) is 95.8 Å². The number of aromatic amines is 1. The van der Waals surface area contributed by atoms with E-state index in [9.17, 15) is 14.0 Å². The van der Waals surface area contributed by atoms with Gasteiger partial charge in [-0.2, -0.15) is 0 Å². The SMILES string of the molecule is CN(CCCCc1ccc(NC(=O)Cc2cccc3c(=O)c4ccccc4[nH]c23)cc1)Cc1ccc(F)cc1. The quantitative estimate of drug-likeness (QED) is 0.164. The molecule has 1 amide bonds. The predicted octanol–water partition coefficient (Wildman–Crippen LogP) is 6.46. The number of carbonyl (C=O) groups is 1. The van der Waals surface area contributed by atoms with Gasteiger partial charge in [0.05, 0.1) is 11.9 Å². The molecule has 4 aromatic carbocycles. The Labute approximate surface area is 227 Å². The fraction of sp³-hybridized carbons (Fsp3) is 0.212. The highest BCUT2D eigenvalue weighted by Gasteiger charge is 2.12. The zero-order chi connectivity index (χ0) is 27.2. The topological polar surface area (TPSA) is 65.2 Å². The first-order chi connectivity index (χ1) is 19.0. The van der Waals surface area contributed by atoms with Crippen LogP contribution in [0.1, 0.15) is 29.5 Å². The zero-order valence-electron chi connectivity index (χ0n) is 22.0. The molecular weight excluding hydrogens is 489 g/mol. The summed E-state index contributed by atoms with van der Waals surface area (Å²) in [5, 5.41) is 4.21. The number of halogens is 1. The highest BCUT2D eigenvalue weighted by atomic mass is 19.1. The average Bonchev–Trinajstić information content (AvgIpc) is 2.94. The van der Waals surface area contributed by atoms with E-state index in [0.717, 1.165) is 54.7 Å². The lowest BCUT2D eigenvalue weighted by molar-refractivity contribution is -0.115. The van der Waals surface area contributed by atoms with Crippen molar-refractivity contribution in [2.75, 3.05) is 18.9 Å². The third-order valence-electron chi connectivity index (χ3n) is 7.04. The van der Waals surface area contributed by atoms with Crippen LogP contribution in [-0.4, -0.2) is 29.4 Å². The molecule has 1 heterocycles. The summed E-state index contributed by atoms with van der Waals surface area (Å²) in [6, 6.07) is 27.6. The Balaban J connectivity index is 1.12. The van der Waals surface area contributed by atoms with Gasteiger partial charge in [0.25, 0.3) is 0 Å². The predicted molar refractivity (Wildman–Crippen MR) is 157 cm³/mol. The Kier molecular flexibility index (Phi) is 8.13. The summed E-state index contributed by atoms with van der Waals surface area (Å²) < 4.78 is 13.1. The van der Waals surface area contributed by atoms with Crippen molar-refractivity contribution in [1.29, 1.82) is 0 Å². The molecule has 39 heavy (non-hydrogen) atoms. The van der Waals surface area contributed by atoms with Gasteiger partial charge in [-0.3, -0.25) is 9.59 Å². The van der Waals surface area contributed by atoms with E-state index >= 15 is 0 Å². The second-order valence-electron chi connectivity index (χ2n) is 10.1. The Morgan fingerprint density at radius 3 is 2.36 bits per heavy atom. The van der Waals surface area contributed by atoms with Crippen LogP contribution in [0, 0.1) is 5.82 Å². The molecule has 0 unspecified atom stereocenters. The molecule has 0 bridgehead atoms. The van der Waals surface area contributed by atoms with Gasteiger partial charge < -0.3 is 15.2 Å². The Morgan fingerprint density at radius 1 is 0.846 bits per heavy atom. The molecule has 0 radical (unpaired) electrons. The van der Waals surface area contributed by atoms with E-state index < -0.39 is 0 Å². The zero-order valence-corrected chi connectivity index (χ0v) is 22.0. The number of aryl methyl sites for hydroxylation is 1. The molecule has 6 heteroatoms. The van der Waals surface area contributed by atoms with Crippen molar-refractivity contribution in [1.82, 2.24) is 9.88 Å². The van der Waals surface area contributed by atoms with Crippen LogP contribution in [0.4, 0.5) is 10.1 Å². The second kappa shape index (κ2) is 12.0. The summed E-state index contributed by atoms with van der Waals surface area (Å²) in [5.41, 5.74) is 5.31. The summed E-state index contributed by atoms with van der Waals surface area (Å²) >= 11 is 0. The number of anilines is 1. The van der Waals surface area contributed by atoms with Crippen LogP contribution < -0.4 is 10.7 Å². The Morgan fingerprint density at radius 2 is 1.56 bits per heavy atom. The number of unbranched alkanes of at least 4 members (excludes halogenated alkanes) is 1. The number of fused-ring (bicyclic) bond motifs is 2. The van der Waals surface area contributed by atoms with E-state index in [1.807, 2.05) is 60.7 Å².